The number of hydrogen-bond donors (Lipinski definition) is 0. The molecule has 0 unspecified atom stereocenters. The summed E-state index contributed by atoms with van der Waals surface area (Å²) >= 11 is 0. The van der Waals surface area contributed by atoms with E-state index >= 15 is 0 Å². The minimum atomic E-state index is -0.778. The maximum atomic E-state index is 12.0. The molecule has 8 nitrogen and oxygen atoms in total. The zero-order valence-corrected chi connectivity index (χ0v) is 27.1. The van der Waals surface area contributed by atoms with Crippen molar-refractivity contribution in [3.05, 3.63) is 98.6 Å². The molecule has 0 saturated carbocycles. The first-order valence-corrected chi connectivity index (χ1v) is 13.3. The minimum absolute atomic E-state index is 0. The topological polar surface area (TPSA) is 103 Å². The molecule has 214 valence electrons. The molecule has 2 aromatic heterocycles. The van der Waals surface area contributed by atoms with Crippen molar-refractivity contribution in [2.75, 3.05) is 0 Å². The second-order valence-electron chi connectivity index (χ2n) is 13.3. The summed E-state index contributed by atoms with van der Waals surface area (Å²) in [7, 11) is 0. The van der Waals surface area contributed by atoms with Crippen LogP contribution in [0.2, 0.25) is 0 Å². The van der Waals surface area contributed by atoms with E-state index in [0.29, 0.717) is 28.1 Å². The molecule has 0 aliphatic carbocycles. The van der Waals surface area contributed by atoms with Crippen molar-refractivity contribution >= 4 is 5.69 Å². The Morgan fingerprint density at radius 2 is 1.54 bits per heavy atom. The van der Waals surface area contributed by atoms with Crippen molar-refractivity contribution < 1.29 is 26.0 Å². The second-order valence-corrected chi connectivity index (χ2v) is 13.3. The Bertz CT molecular complexity index is 1710. The van der Waals surface area contributed by atoms with Crippen molar-refractivity contribution in [2.24, 2.45) is 0 Å². The SMILES string of the molecule is CC(C)(C)c1cn2nc1C(C)(C)C(C)(C)c1ccn(n1)-c1[c-]c(cc([N+](=O)[O-])c1)C(C)(C)c1[c-]c-2cc(C#N)c1.[Pt+2]. The fourth-order valence-corrected chi connectivity index (χ4v) is 5.25. The van der Waals surface area contributed by atoms with Gasteiger partial charge in [0.1, 0.15) is 0 Å². The molecule has 3 heterocycles. The van der Waals surface area contributed by atoms with Crippen LogP contribution in [0.1, 0.15) is 96.0 Å². The maximum Gasteiger partial charge on any atom is 2.00 e. The first-order chi connectivity index (χ1) is 18.5. The standard InChI is InChI=1S/C32H34N6O2.Pt/c1-29(2,3)26-19-37-23-13-20(18-33)12-21(14-23)30(4,5)22-15-24(17-25(16-22)38(39)40)36-11-10-27(34-36)31(6,7)32(8,9)28(26)35-37;/h10-13,16-17,19H,1-9H3;/q-2;+2. The van der Waals surface area contributed by atoms with Crippen LogP contribution in [0.5, 0.6) is 0 Å². The molecule has 5 rings (SSSR count). The van der Waals surface area contributed by atoms with Crippen LogP contribution < -0.4 is 0 Å². The smallest absolute Gasteiger partial charge is 0.265 e. The normalized spacial score (nSPS) is 16.5. The van der Waals surface area contributed by atoms with Gasteiger partial charge in [0.05, 0.1) is 17.5 Å². The van der Waals surface area contributed by atoms with Crippen molar-refractivity contribution in [3.8, 4) is 17.4 Å². The Hall–Kier alpha value is -3.56. The molecule has 1 aliphatic rings. The first kappa shape index (κ1) is 30.4. The number of rotatable bonds is 1. The summed E-state index contributed by atoms with van der Waals surface area (Å²) in [5.74, 6) is 0. The number of non-ortho nitro benzene ring substituents is 1. The predicted octanol–water partition coefficient (Wildman–Crippen LogP) is 6.63. The number of benzene rings is 2. The van der Waals surface area contributed by atoms with Gasteiger partial charge in [0, 0.05) is 28.1 Å². The van der Waals surface area contributed by atoms with E-state index in [9.17, 15) is 15.4 Å². The molecular formula is C32H34N6O2Pt. The number of nitro groups is 1. The van der Waals surface area contributed by atoms with E-state index in [2.05, 4.69) is 66.7 Å². The average Bonchev–Trinajstić information content (AvgIpc) is 3.56. The molecule has 0 spiro atoms. The Morgan fingerprint density at radius 1 is 0.927 bits per heavy atom. The third-order valence-electron chi connectivity index (χ3n) is 8.78. The summed E-state index contributed by atoms with van der Waals surface area (Å²) in [4.78, 5) is 11.6. The zero-order valence-electron chi connectivity index (χ0n) is 24.9. The van der Waals surface area contributed by atoms with Gasteiger partial charge < -0.3 is 0 Å². The Kier molecular flexibility index (Phi) is 7.24. The minimum Gasteiger partial charge on any atom is -0.265 e. The molecule has 0 atom stereocenters. The van der Waals surface area contributed by atoms with Gasteiger partial charge in [-0.15, -0.1) is 17.7 Å². The van der Waals surface area contributed by atoms with Crippen LogP contribution in [0.15, 0.2) is 42.7 Å². The monoisotopic (exact) mass is 729 g/mol. The Balaban J connectivity index is 0.00000387. The predicted molar refractivity (Wildman–Crippen MR) is 153 cm³/mol. The molecule has 1 aliphatic heterocycles. The second kappa shape index (κ2) is 9.77. The number of fused-ring (bicyclic) bond motifs is 10. The Labute approximate surface area is 255 Å². The summed E-state index contributed by atoms with van der Waals surface area (Å²) in [5.41, 5.74) is 3.74. The fraction of sp³-hybridized carbons (Fsp3) is 0.406. The van der Waals surface area contributed by atoms with Gasteiger partial charge in [0.25, 0.3) is 0 Å². The van der Waals surface area contributed by atoms with Crippen LogP contribution >= 0.6 is 0 Å². The van der Waals surface area contributed by atoms with Gasteiger partial charge in [0.15, 0.2) is 5.69 Å². The van der Waals surface area contributed by atoms with Crippen LogP contribution in [0.3, 0.4) is 0 Å². The molecule has 0 radical (unpaired) electrons. The molecule has 41 heavy (non-hydrogen) atoms. The van der Waals surface area contributed by atoms with E-state index < -0.39 is 21.2 Å². The molecule has 0 saturated heterocycles. The van der Waals surface area contributed by atoms with Gasteiger partial charge in [-0.2, -0.15) is 33.2 Å². The van der Waals surface area contributed by atoms with Crippen molar-refractivity contribution in [3.63, 3.8) is 0 Å². The fourth-order valence-electron chi connectivity index (χ4n) is 5.25. The summed E-state index contributed by atoms with van der Waals surface area (Å²) in [6, 6.07) is 17.7. The number of nitro benzene ring substituents is 1. The van der Waals surface area contributed by atoms with Gasteiger partial charge in [-0.1, -0.05) is 80.0 Å². The zero-order chi connectivity index (χ0) is 29.4. The van der Waals surface area contributed by atoms with Crippen LogP contribution in [-0.2, 0) is 42.7 Å². The van der Waals surface area contributed by atoms with E-state index in [1.165, 1.54) is 12.1 Å². The van der Waals surface area contributed by atoms with E-state index in [1.54, 1.807) is 16.8 Å². The third-order valence-corrected chi connectivity index (χ3v) is 8.78. The van der Waals surface area contributed by atoms with Crippen molar-refractivity contribution in [1.29, 1.82) is 5.26 Å². The van der Waals surface area contributed by atoms with E-state index in [0.717, 1.165) is 17.0 Å². The number of nitriles is 1. The third kappa shape index (κ3) is 4.85. The summed E-state index contributed by atoms with van der Waals surface area (Å²) in [6.45, 7) is 19.1. The van der Waals surface area contributed by atoms with E-state index in [-0.39, 0.29) is 32.2 Å². The summed E-state index contributed by atoms with van der Waals surface area (Å²) in [6.07, 6.45) is 3.87. The maximum absolute atomic E-state index is 12.0. The van der Waals surface area contributed by atoms with Gasteiger partial charge in [-0.05, 0) is 33.8 Å². The number of hydrogen-bond acceptors (Lipinski definition) is 5. The van der Waals surface area contributed by atoms with Crippen LogP contribution in [0.4, 0.5) is 5.69 Å². The summed E-state index contributed by atoms with van der Waals surface area (Å²) in [5, 5.41) is 32.0. The molecule has 0 fully saturated rings. The average molecular weight is 730 g/mol. The molecule has 4 aromatic rings. The van der Waals surface area contributed by atoms with Crippen LogP contribution in [-0.4, -0.2) is 24.5 Å². The van der Waals surface area contributed by atoms with Gasteiger partial charge in [0.2, 0.25) is 0 Å². The van der Waals surface area contributed by atoms with Gasteiger partial charge >= 0.3 is 21.1 Å². The van der Waals surface area contributed by atoms with Crippen molar-refractivity contribution in [2.45, 2.75) is 84.0 Å². The van der Waals surface area contributed by atoms with Gasteiger partial charge in [-0.25, -0.2) is 0 Å². The summed E-state index contributed by atoms with van der Waals surface area (Å²) < 4.78 is 3.47. The molecule has 2 aromatic carbocycles. The number of nitrogens with zero attached hydrogens (tertiary/aromatic N) is 6. The molecule has 0 amide bonds. The largest absolute Gasteiger partial charge is 2.00 e. The number of aromatic nitrogens is 4. The van der Waals surface area contributed by atoms with Crippen LogP contribution in [0.25, 0.3) is 11.4 Å². The van der Waals surface area contributed by atoms with Crippen molar-refractivity contribution in [1.82, 2.24) is 19.6 Å². The molecule has 8 bridgehead atoms. The van der Waals surface area contributed by atoms with Crippen LogP contribution in [0, 0.1) is 33.6 Å². The molecular weight excluding hydrogens is 695 g/mol. The quantitative estimate of drug-likeness (QED) is 0.124. The first-order valence-electron chi connectivity index (χ1n) is 13.3. The Morgan fingerprint density at radius 3 is 2.12 bits per heavy atom. The molecule has 9 heteroatoms. The van der Waals surface area contributed by atoms with E-state index in [4.69, 9.17) is 10.2 Å². The van der Waals surface area contributed by atoms with E-state index in [1.807, 2.05) is 37.0 Å². The van der Waals surface area contributed by atoms with Gasteiger partial charge in [-0.3, -0.25) is 19.5 Å². The molecule has 0 N–H and O–H groups in total.